The second-order valence-corrected chi connectivity index (χ2v) is 12.0. The largest absolute Gasteiger partial charge is 0.488 e. The maximum atomic E-state index is 14.2. The number of rotatable bonds is 7. The average molecular weight is 609 g/mol. The molecular formula is C35H29ClN2O4S. The Hall–Kier alpha value is -4.46. The predicted octanol–water partition coefficient (Wildman–Crippen LogP) is 6.57. The summed E-state index contributed by atoms with van der Waals surface area (Å²) in [5, 5.41) is 2.55. The van der Waals surface area contributed by atoms with Gasteiger partial charge in [-0.3, -0.25) is 9.36 Å². The van der Waals surface area contributed by atoms with Gasteiger partial charge in [-0.15, -0.1) is 0 Å². The molecule has 0 fully saturated rings. The van der Waals surface area contributed by atoms with Crippen molar-refractivity contribution in [2.75, 3.05) is 0 Å². The van der Waals surface area contributed by atoms with Crippen LogP contribution < -0.4 is 19.6 Å². The second-order valence-electron chi connectivity index (χ2n) is 10.6. The summed E-state index contributed by atoms with van der Waals surface area (Å²) in [6, 6.07) is 28.4. The maximum absolute atomic E-state index is 14.2. The molecule has 2 heterocycles. The highest BCUT2D eigenvalue weighted by molar-refractivity contribution is 7.07. The van der Waals surface area contributed by atoms with Crippen molar-refractivity contribution in [1.82, 2.24) is 4.57 Å². The minimum atomic E-state index is -0.719. The number of fused-ring (bicyclic) bond motifs is 2. The van der Waals surface area contributed by atoms with Crippen molar-refractivity contribution in [2.45, 2.75) is 39.5 Å². The third kappa shape index (κ3) is 5.78. The zero-order chi connectivity index (χ0) is 30.1. The fraction of sp³-hybridized carbons (Fsp3) is 0.171. The van der Waals surface area contributed by atoms with Crippen LogP contribution in [0.1, 0.15) is 43.5 Å². The number of aromatic nitrogens is 1. The lowest BCUT2D eigenvalue weighted by Gasteiger charge is -2.25. The van der Waals surface area contributed by atoms with Gasteiger partial charge in [0.25, 0.3) is 5.56 Å². The first kappa shape index (κ1) is 28.6. The van der Waals surface area contributed by atoms with Gasteiger partial charge in [-0.1, -0.05) is 95.7 Å². The highest BCUT2D eigenvalue weighted by Crippen LogP contribution is 2.32. The zero-order valence-corrected chi connectivity index (χ0v) is 25.5. The molecule has 4 aromatic carbocycles. The first-order valence-electron chi connectivity index (χ1n) is 14.0. The van der Waals surface area contributed by atoms with Gasteiger partial charge in [0.1, 0.15) is 12.4 Å². The summed E-state index contributed by atoms with van der Waals surface area (Å²) in [7, 11) is 0. The first-order chi connectivity index (χ1) is 20.8. The number of ether oxygens (including phenoxy) is 2. The number of hydrogen-bond acceptors (Lipinski definition) is 6. The number of carbonyl (C=O) groups is 1. The summed E-state index contributed by atoms with van der Waals surface area (Å²) in [5.74, 6) is 0.163. The van der Waals surface area contributed by atoms with Crippen molar-refractivity contribution in [3.8, 4) is 5.75 Å². The number of nitrogens with zero attached hydrogens (tertiary/aromatic N) is 2. The molecule has 1 aliphatic rings. The maximum Gasteiger partial charge on any atom is 0.338 e. The molecule has 0 spiro atoms. The smallest absolute Gasteiger partial charge is 0.338 e. The van der Waals surface area contributed by atoms with Crippen LogP contribution in [0.5, 0.6) is 5.75 Å². The Morgan fingerprint density at radius 3 is 2.47 bits per heavy atom. The fourth-order valence-electron chi connectivity index (χ4n) is 5.24. The van der Waals surface area contributed by atoms with E-state index in [9.17, 15) is 9.59 Å². The second kappa shape index (κ2) is 12.0. The van der Waals surface area contributed by atoms with Crippen LogP contribution in [0.3, 0.4) is 0 Å². The highest BCUT2D eigenvalue weighted by Gasteiger charge is 2.33. The van der Waals surface area contributed by atoms with Crippen molar-refractivity contribution >= 4 is 45.8 Å². The Morgan fingerprint density at radius 2 is 1.72 bits per heavy atom. The normalized spacial score (nSPS) is 15.0. The molecule has 0 aliphatic carbocycles. The van der Waals surface area contributed by atoms with Crippen LogP contribution in [0, 0.1) is 0 Å². The number of thiazole rings is 1. The van der Waals surface area contributed by atoms with Gasteiger partial charge in [0.15, 0.2) is 4.80 Å². The summed E-state index contributed by atoms with van der Waals surface area (Å²) < 4.78 is 14.0. The van der Waals surface area contributed by atoms with Gasteiger partial charge in [-0.25, -0.2) is 9.79 Å². The lowest BCUT2D eigenvalue weighted by atomic mass is 9.96. The fourth-order valence-corrected chi connectivity index (χ4v) is 6.39. The van der Waals surface area contributed by atoms with Gasteiger partial charge in [-0.05, 0) is 66.9 Å². The van der Waals surface area contributed by atoms with Gasteiger partial charge in [0, 0.05) is 10.6 Å². The minimum Gasteiger partial charge on any atom is -0.488 e. The molecule has 216 valence electrons. The molecule has 6 nitrogen and oxygen atoms in total. The third-order valence-electron chi connectivity index (χ3n) is 7.21. The molecule has 0 radical (unpaired) electrons. The molecule has 0 saturated carbocycles. The van der Waals surface area contributed by atoms with Crippen LogP contribution in [-0.4, -0.2) is 16.6 Å². The van der Waals surface area contributed by atoms with Gasteiger partial charge in [-0.2, -0.15) is 0 Å². The molecule has 6 rings (SSSR count). The van der Waals surface area contributed by atoms with E-state index in [2.05, 4.69) is 0 Å². The van der Waals surface area contributed by atoms with Gasteiger partial charge < -0.3 is 9.47 Å². The molecule has 1 atom stereocenters. The molecule has 0 saturated heterocycles. The predicted molar refractivity (Wildman–Crippen MR) is 171 cm³/mol. The summed E-state index contributed by atoms with van der Waals surface area (Å²) >= 11 is 7.48. The number of halogens is 1. The van der Waals surface area contributed by atoms with E-state index in [0.29, 0.717) is 38.0 Å². The van der Waals surface area contributed by atoms with Crippen LogP contribution >= 0.6 is 22.9 Å². The Morgan fingerprint density at radius 1 is 1.00 bits per heavy atom. The van der Waals surface area contributed by atoms with Crippen LogP contribution in [-0.2, 0) is 16.1 Å². The summed E-state index contributed by atoms with van der Waals surface area (Å²) in [5.41, 5.74) is 3.16. The average Bonchev–Trinajstić information content (AvgIpc) is 3.30. The summed E-state index contributed by atoms with van der Waals surface area (Å²) in [6.07, 6.45) is 1.54. The van der Waals surface area contributed by atoms with Gasteiger partial charge in [0.05, 0.1) is 27.9 Å². The summed E-state index contributed by atoms with van der Waals surface area (Å²) in [4.78, 5) is 32.8. The number of benzene rings is 4. The van der Waals surface area contributed by atoms with Crippen molar-refractivity contribution < 1.29 is 14.3 Å². The Balaban J connectivity index is 1.53. The topological polar surface area (TPSA) is 69.9 Å². The van der Waals surface area contributed by atoms with Crippen molar-refractivity contribution in [2.24, 2.45) is 4.99 Å². The zero-order valence-electron chi connectivity index (χ0n) is 23.9. The van der Waals surface area contributed by atoms with Crippen LogP contribution in [0.2, 0.25) is 5.02 Å². The quantitative estimate of drug-likeness (QED) is 0.196. The number of hydrogen-bond donors (Lipinski definition) is 0. The summed E-state index contributed by atoms with van der Waals surface area (Å²) in [6.45, 7) is 5.75. The van der Waals surface area contributed by atoms with E-state index in [0.717, 1.165) is 27.5 Å². The molecule has 0 bridgehead atoms. The van der Waals surface area contributed by atoms with E-state index in [1.165, 1.54) is 11.3 Å². The molecule has 8 heteroatoms. The van der Waals surface area contributed by atoms with Crippen LogP contribution in [0.25, 0.3) is 16.8 Å². The lowest BCUT2D eigenvalue weighted by Crippen LogP contribution is -2.40. The molecule has 1 aliphatic heterocycles. The number of carbonyl (C=O) groups excluding carboxylic acids is 1. The molecule has 1 unspecified atom stereocenters. The van der Waals surface area contributed by atoms with Crippen molar-refractivity contribution in [3.63, 3.8) is 0 Å². The van der Waals surface area contributed by atoms with E-state index in [4.69, 9.17) is 26.1 Å². The Kier molecular flexibility index (Phi) is 8.02. The first-order valence-corrected chi connectivity index (χ1v) is 15.2. The van der Waals surface area contributed by atoms with E-state index in [1.54, 1.807) is 37.5 Å². The third-order valence-corrected chi connectivity index (χ3v) is 8.45. The lowest BCUT2D eigenvalue weighted by molar-refractivity contribution is -0.143. The van der Waals surface area contributed by atoms with E-state index >= 15 is 0 Å². The molecule has 0 amide bonds. The Bertz CT molecular complexity index is 2040. The van der Waals surface area contributed by atoms with E-state index in [1.807, 2.05) is 84.9 Å². The number of allylic oxidation sites excluding steroid dienone is 1. The highest BCUT2D eigenvalue weighted by atomic mass is 35.5. The standard InChI is InChI=1S/C35H29ClN2O4S/c1-21(2)42-34(40)31-22(3)37-35-38(32(31)25-13-16-26(36)17-14-25)33(39)30(43-35)19-28-27-12-8-7-11-24(27)15-18-29(28)41-20-23-9-5-4-6-10-23/h4-19,21,32H,20H2,1-3H3. The monoisotopic (exact) mass is 608 g/mol. The Labute approximate surface area is 257 Å². The number of esters is 1. The molecule has 5 aromatic rings. The van der Waals surface area contributed by atoms with E-state index in [-0.39, 0.29) is 11.7 Å². The van der Waals surface area contributed by atoms with Crippen molar-refractivity contribution in [3.05, 3.63) is 144 Å². The van der Waals surface area contributed by atoms with Gasteiger partial charge >= 0.3 is 5.97 Å². The van der Waals surface area contributed by atoms with Crippen LogP contribution in [0.15, 0.2) is 112 Å². The van der Waals surface area contributed by atoms with Crippen LogP contribution in [0.4, 0.5) is 0 Å². The molecule has 1 aromatic heterocycles. The van der Waals surface area contributed by atoms with Crippen molar-refractivity contribution in [1.29, 1.82) is 0 Å². The van der Waals surface area contributed by atoms with E-state index < -0.39 is 12.0 Å². The minimum absolute atomic E-state index is 0.256. The SMILES string of the molecule is CC1=C(C(=O)OC(C)C)C(c2ccc(Cl)cc2)n2c(sc(=Cc3c(OCc4ccccc4)ccc4ccccc34)c2=O)=N1. The molecule has 43 heavy (non-hydrogen) atoms. The molecule has 0 N–H and O–H groups in total. The van der Waals surface area contributed by atoms with Gasteiger partial charge in [0.2, 0.25) is 0 Å². The molecular weight excluding hydrogens is 580 g/mol.